The summed E-state index contributed by atoms with van der Waals surface area (Å²) in [4.78, 5) is 17.4. The van der Waals surface area contributed by atoms with Gasteiger partial charge in [0, 0.05) is 38.8 Å². The van der Waals surface area contributed by atoms with Crippen molar-refractivity contribution >= 4 is 30.7 Å². The zero-order chi connectivity index (χ0) is 16.2. The zero-order valence-electron chi connectivity index (χ0n) is 14.8. The van der Waals surface area contributed by atoms with Gasteiger partial charge in [0.05, 0.1) is 0 Å². The number of nitrogens with zero attached hydrogens (tertiary/aromatic N) is 2. The molecule has 1 saturated carbocycles. The summed E-state index contributed by atoms with van der Waals surface area (Å²) in [6.07, 6.45) is 2.41. The maximum absolute atomic E-state index is 12.8. The van der Waals surface area contributed by atoms with E-state index in [-0.39, 0.29) is 42.8 Å². The van der Waals surface area contributed by atoms with Gasteiger partial charge in [0.2, 0.25) is 5.91 Å². The van der Waals surface area contributed by atoms with Crippen molar-refractivity contribution in [1.29, 1.82) is 0 Å². The second-order valence-corrected chi connectivity index (χ2v) is 6.90. The molecule has 2 unspecified atom stereocenters. The van der Waals surface area contributed by atoms with Crippen LogP contribution in [-0.4, -0.2) is 61.5 Å². The number of amides is 1. The number of likely N-dealkylation sites (N-methyl/N-ethyl adjacent to an activating group) is 1. The summed E-state index contributed by atoms with van der Waals surface area (Å²) in [6.45, 7) is 4.41. The number of halogens is 2. The lowest BCUT2D eigenvalue weighted by Crippen LogP contribution is -2.51. The molecule has 7 heteroatoms. The number of rotatable bonds is 6. The van der Waals surface area contributed by atoms with Crippen LogP contribution >= 0.6 is 24.8 Å². The van der Waals surface area contributed by atoms with Crippen LogP contribution in [0.4, 0.5) is 0 Å². The molecule has 0 aromatic heterocycles. The van der Waals surface area contributed by atoms with E-state index in [1.165, 1.54) is 12.8 Å². The molecule has 3 N–H and O–H groups in total. The minimum Gasteiger partial charge on any atom is -0.353 e. The molecule has 25 heavy (non-hydrogen) atoms. The van der Waals surface area contributed by atoms with Crippen molar-refractivity contribution in [2.45, 2.75) is 24.9 Å². The summed E-state index contributed by atoms with van der Waals surface area (Å²) >= 11 is 0. The van der Waals surface area contributed by atoms with E-state index >= 15 is 0 Å². The number of hydrogen-bond acceptors (Lipinski definition) is 4. The Balaban J connectivity index is 0.00000156. The average molecular weight is 389 g/mol. The first-order chi connectivity index (χ1) is 11.1. The minimum absolute atomic E-state index is 0. The van der Waals surface area contributed by atoms with E-state index in [1.807, 2.05) is 30.3 Å². The van der Waals surface area contributed by atoms with Crippen LogP contribution < -0.4 is 11.1 Å². The maximum atomic E-state index is 12.8. The number of hydrogen-bond donors (Lipinski definition) is 2. The summed E-state index contributed by atoms with van der Waals surface area (Å²) in [5.41, 5.74) is 7.19. The number of carbonyl (C=O) groups is 1. The molecular weight excluding hydrogens is 359 g/mol. The Kier molecular flexibility index (Phi) is 9.17. The number of piperazine rings is 1. The smallest absolute Gasteiger partial charge is 0.242 e. The predicted octanol–water partition coefficient (Wildman–Crippen LogP) is 1.67. The molecule has 0 radical (unpaired) electrons. The van der Waals surface area contributed by atoms with Crippen molar-refractivity contribution in [2.75, 3.05) is 39.8 Å². The van der Waals surface area contributed by atoms with E-state index < -0.39 is 0 Å². The molecule has 1 saturated heterocycles. The van der Waals surface area contributed by atoms with Crippen LogP contribution in [-0.2, 0) is 4.79 Å². The van der Waals surface area contributed by atoms with Crippen molar-refractivity contribution in [3.05, 3.63) is 35.9 Å². The van der Waals surface area contributed by atoms with Crippen molar-refractivity contribution in [2.24, 2.45) is 11.7 Å². The van der Waals surface area contributed by atoms with Crippen LogP contribution in [0.2, 0.25) is 0 Å². The standard InChI is InChI=1S/C18H28N4O.2ClH/c1-21-9-11-22(12-10-21)17(15-5-3-2-4-6-15)18(23)20-13-16(19)14-7-8-14;;/h2-6,14,16-17H,7-13,19H2,1H3,(H,20,23);2*1H. The highest BCUT2D eigenvalue weighted by Gasteiger charge is 2.32. The highest BCUT2D eigenvalue weighted by atomic mass is 35.5. The molecule has 1 aromatic carbocycles. The molecule has 1 aromatic rings. The van der Waals surface area contributed by atoms with Crippen LogP contribution in [0.3, 0.4) is 0 Å². The number of benzene rings is 1. The molecule has 0 spiro atoms. The van der Waals surface area contributed by atoms with Gasteiger partial charge in [-0.25, -0.2) is 0 Å². The van der Waals surface area contributed by atoms with Gasteiger partial charge in [0.25, 0.3) is 0 Å². The van der Waals surface area contributed by atoms with Gasteiger partial charge >= 0.3 is 0 Å². The molecule has 1 amide bonds. The van der Waals surface area contributed by atoms with Gasteiger partial charge in [-0.3, -0.25) is 9.69 Å². The second kappa shape index (κ2) is 10.3. The van der Waals surface area contributed by atoms with Gasteiger partial charge in [0.15, 0.2) is 0 Å². The van der Waals surface area contributed by atoms with E-state index in [2.05, 4.69) is 22.2 Å². The number of carbonyl (C=O) groups excluding carboxylic acids is 1. The van der Waals surface area contributed by atoms with Crippen molar-refractivity contribution < 1.29 is 4.79 Å². The largest absolute Gasteiger partial charge is 0.353 e. The molecule has 0 bridgehead atoms. The topological polar surface area (TPSA) is 61.6 Å². The normalized spacial score (nSPS) is 20.7. The predicted molar refractivity (Wildman–Crippen MR) is 106 cm³/mol. The van der Waals surface area contributed by atoms with Gasteiger partial charge in [0.1, 0.15) is 6.04 Å². The molecule has 5 nitrogen and oxygen atoms in total. The van der Waals surface area contributed by atoms with Crippen LogP contribution in [0.5, 0.6) is 0 Å². The fourth-order valence-electron chi connectivity index (χ4n) is 3.25. The zero-order valence-corrected chi connectivity index (χ0v) is 16.4. The van der Waals surface area contributed by atoms with Crippen LogP contribution in [0.15, 0.2) is 30.3 Å². The Labute approximate surface area is 163 Å². The SMILES string of the molecule is CN1CCN(C(C(=O)NCC(N)C2CC2)c2ccccc2)CC1.Cl.Cl. The third-order valence-corrected chi connectivity index (χ3v) is 5.01. The van der Waals surface area contributed by atoms with Crippen molar-refractivity contribution in [1.82, 2.24) is 15.1 Å². The van der Waals surface area contributed by atoms with E-state index in [4.69, 9.17) is 5.73 Å². The summed E-state index contributed by atoms with van der Waals surface area (Å²) < 4.78 is 0. The van der Waals surface area contributed by atoms with E-state index in [9.17, 15) is 4.79 Å². The van der Waals surface area contributed by atoms with Crippen molar-refractivity contribution in [3.63, 3.8) is 0 Å². The molecule has 1 aliphatic carbocycles. The van der Waals surface area contributed by atoms with Crippen LogP contribution in [0.25, 0.3) is 0 Å². The van der Waals surface area contributed by atoms with Crippen LogP contribution in [0, 0.1) is 5.92 Å². The third-order valence-electron chi connectivity index (χ3n) is 5.01. The maximum Gasteiger partial charge on any atom is 0.242 e. The fraction of sp³-hybridized carbons (Fsp3) is 0.611. The molecule has 1 aliphatic heterocycles. The lowest BCUT2D eigenvalue weighted by molar-refractivity contribution is -0.127. The number of nitrogens with one attached hydrogen (secondary N) is 1. The quantitative estimate of drug-likeness (QED) is 0.777. The summed E-state index contributed by atoms with van der Waals surface area (Å²) in [6, 6.07) is 9.97. The molecule has 3 rings (SSSR count). The van der Waals surface area contributed by atoms with Gasteiger partial charge in [-0.15, -0.1) is 24.8 Å². The summed E-state index contributed by atoms with van der Waals surface area (Å²) in [7, 11) is 2.13. The Morgan fingerprint density at radius 1 is 1.16 bits per heavy atom. The second-order valence-electron chi connectivity index (χ2n) is 6.90. The van der Waals surface area contributed by atoms with Gasteiger partial charge in [-0.05, 0) is 31.4 Å². The van der Waals surface area contributed by atoms with E-state index in [1.54, 1.807) is 0 Å². The lowest BCUT2D eigenvalue weighted by atomic mass is 10.0. The van der Waals surface area contributed by atoms with E-state index in [0.717, 1.165) is 31.7 Å². The Hall–Kier alpha value is -0.850. The average Bonchev–Trinajstić information content (AvgIpc) is 3.41. The Bertz CT molecular complexity index is 519. The Morgan fingerprint density at radius 2 is 1.76 bits per heavy atom. The third kappa shape index (κ3) is 6.12. The van der Waals surface area contributed by atoms with Gasteiger partial charge < -0.3 is 16.0 Å². The van der Waals surface area contributed by atoms with E-state index in [0.29, 0.717) is 12.5 Å². The lowest BCUT2D eigenvalue weighted by Gasteiger charge is -2.37. The van der Waals surface area contributed by atoms with Crippen LogP contribution in [0.1, 0.15) is 24.4 Å². The molecule has 1 heterocycles. The summed E-state index contributed by atoms with van der Waals surface area (Å²) in [5.74, 6) is 0.686. The minimum atomic E-state index is -0.212. The number of nitrogens with two attached hydrogens (primary N) is 1. The molecule has 142 valence electrons. The molecule has 2 atom stereocenters. The first kappa shape index (κ1) is 22.2. The fourth-order valence-corrected chi connectivity index (χ4v) is 3.25. The molecule has 2 aliphatic rings. The highest BCUT2D eigenvalue weighted by Crippen LogP contribution is 2.31. The monoisotopic (exact) mass is 388 g/mol. The first-order valence-corrected chi connectivity index (χ1v) is 8.66. The van der Waals surface area contributed by atoms with Gasteiger partial charge in [-0.2, -0.15) is 0 Å². The Morgan fingerprint density at radius 3 is 2.32 bits per heavy atom. The first-order valence-electron chi connectivity index (χ1n) is 8.66. The molecule has 2 fully saturated rings. The van der Waals surface area contributed by atoms with Gasteiger partial charge in [-0.1, -0.05) is 30.3 Å². The van der Waals surface area contributed by atoms with Crippen molar-refractivity contribution in [3.8, 4) is 0 Å². The highest BCUT2D eigenvalue weighted by molar-refractivity contribution is 5.85. The molecular formula is C18H30Cl2N4O. The summed E-state index contributed by atoms with van der Waals surface area (Å²) in [5, 5.41) is 3.09.